The summed E-state index contributed by atoms with van der Waals surface area (Å²) < 4.78 is 24.2. The number of fused-ring (bicyclic) bond motifs is 1. The number of benzene rings is 1. The Morgan fingerprint density at radius 2 is 2.21 bits per heavy atom. The van der Waals surface area contributed by atoms with Crippen molar-refractivity contribution in [1.82, 2.24) is 15.5 Å². The SMILES string of the molecule is [2H]N1C2([2H])NC=C(c3ccccc3)C=C2N(C)C1([2H])[N+](=O)[O-]. The van der Waals surface area contributed by atoms with Crippen molar-refractivity contribution >= 4 is 5.57 Å². The van der Waals surface area contributed by atoms with Gasteiger partial charge in [0, 0.05) is 13.2 Å². The number of rotatable bonds is 2. The Balaban J connectivity index is 2.08. The summed E-state index contributed by atoms with van der Waals surface area (Å²) in [6.45, 7) is 0. The van der Waals surface area contributed by atoms with Crippen LogP contribution in [0.15, 0.2) is 48.3 Å². The first-order chi connectivity index (χ1) is 10.3. The third-order valence-corrected chi connectivity index (χ3v) is 3.04. The minimum absolute atomic E-state index is 0.176. The summed E-state index contributed by atoms with van der Waals surface area (Å²) in [5, 5.41) is 14.3. The van der Waals surface area contributed by atoms with Gasteiger partial charge in [0.25, 0.3) is 0 Å². The van der Waals surface area contributed by atoms with E-state index in [4.69, 9.17) is 4.15 Å². The third-order valence-electron chi connectivity index (χ3n) is 3.04. The molecule has 0 amide bonds. The van der Waals surface area contributed by atoms with E-state index in [2.05, 4.69) is 5.32 Å². The molecule has 2 aliphatic heterocycles. The lowest BCUT2D eigenvalue weighted by atomic mass is 10.0. The maximum absolute atomic E-state index is 11.2. The van der Waals surface area contributed by atoms with E-state index in [1.54, 1.807) is 6.08 Å². The molecule has 1 aromatic carbocycles. The molecule has 19 heavy (non-hydrogen) atoms. The molecule has 2 unspecified atom stereocenters. The summed E-state index contributed by atoms with van der Waals surface area (Å²) in [6.07, 6.45) is -1.30. The van der Waals surface area contributed by atoms with E-state index in [9.17, 15) is 10.1 Å². The Hall–Kier alpha value is -2.34. The lowest BCUT2D eigenvalue weighted by Gasteiger charge is -2.21. The monoisotopic (exact) mass is 261 g/mol. The van der Waals surface area contributed by atoms with Gasteiger partial charge >= 0.3 is 6.27 Å². The second kappa shape index (κ2) is 4.40. The largest absolute Gasteiger partial charge is 0.370 e. The zero-order valence-corrected chi connectivity index (χ0v) is 10.2. The van der Waals surface area contributed by atoms with Crippen LogP contribution in [0.25, 0.3) is 5.57 Å². The predicted molar refractivity (Wildman–Crippen MR) is 71.1 cm³/mol. The third kappa shape index (κ3) is 1.96. The standard InChI is InChI=1S/C13H14N4O2/c1-16-11-7-10(9-5-3-2-4-6-9)8-14-12(11)15-13(16)17(18)19/h2-8,12-15H,1H3/i12D,13D/hD. The molecule has 0 aliphatic carbocycles. The zero-order valence-electron chi connectivity index (χ0n) is 13.2. The van der Waals surface area contributed by atoms with Crippen LogP contribution in [-0.4, -0.2) is 29.3 Å². The Morgan fingerprint density at radius 3 is 2.89 bits per heavy atom. The van der Waals surface area contributed by atoms with Crippen molar-refractivity contribution in [3.8, 4) is 0 Å². The fourth-order valence-electron chi connectivity index (χ4n) is 2.07. The Labute approximate surface area is 114 Å². The van der Waals surface area contributed by atoms with E-state index in [1.165, 1.54) is 13.2 Å². The number of nitro groups is 1. The molecule has 1 saturated heterocycles. The average Bonchev–Trinajstić information content (AvgIpc) is 2.67. The molecule has 0 bridgehead atoms. The van der Waals surface area contributed by atoms with Crippen molar-refractivity contribution in [2.24, 2.45) is 0 Å². The first kappa shape index (κ1) is 8.71. The van der Waals surface area contributed by atoms with Crippen molar-refractivity contribution in [3.63, 3.8) is 0 Å². The van der Waals surface area contributed by atoms with Crippen LogP contribution in [0.1, 0.15) is 8.30 Å². The summed E-state index contributed by atoms with van der Waals surface area (Å²) in [7, 11) is 1.34. The molecule has 6 nitrogen and oxygen atoms in total. The highest BCUT2D eigenvalue weighted by Gasteiger charge is 2.41. The van der Waals surface area contributed by atoms with Crippen molar-refractivity contribution in [3.05, 3.63) is 64.0 Å². The second-order valence-corrected chi connectivity index (χ2v) is 4.22. The molecular formula is C13H14N4O2. The summed E-state index contributed by atoms with van der Waals surface area (Å²) in [5.74, 6) is 0. The van der Waals surface area contributed by atoms with E-state index < -0.39 is 17.3 Å². The highest BCUT2D eigenvalue weighted by molar-refractivity contribution is 5.75. The molecule has 0 radical (unpaired) electrons. The van der Waals surface area contributed by atoms with Crippen LogP contribution in [0, 0.1) is 10.1 Å². The predicted octanol–water partition coefficient (Wildman–Crippen LogP) is 0.936. The average molecular weight is 261 g/mol. The Kier molecular flexibility index (Phi) is 2.02. The highest BCUT2D eigenvalue weighted by Crippen LogP contribution is 2.26. The van der Waals surface area contributed by atoms with E-state index in [0.29, 0.717) is 5.31 Å². The minimum Gasteiger partial charge on any atom is -0.370 e. The van der Waals surface area contributed by atoms with Gasteiger partial charge in [-0.15, -0.1) is 0 Å². The van der Waals surface area contributed by atoms with Gasteiger partial charge in [0.1, 0.15) is 7.55 Å². The van der Waals surface area contributed by atoms with Crippen LogP contribution in [0.3, 0.4) is 0 Å². The van der Waals surface area contributed by atoms with Crippen molar-refractivity contribution in [1.29, 1.82) is 0 Å². The molecule has 2 heterocycles. The molecule has 1 aromatic rings. The number of hydrogen-bond acceptors (Lipinski definition) is 5. The van der Waals surface area contributed by atoms with Crippen molar-refractivity contribution < 1.29 is 9.08 Å². The van der Waals surface area contributed by atoms with Crippen LogP contribution in [0.5, 0.6) is 0 Å². The lowest BCUT2D eigenvalue weighted by Crippen LogP contribution is -2.44. The number of likely N-dealkylation sites (N-methyl/N-ethyl adjacent to an activating group) is 1. The minimum atomic E-state index is -2.55. The molecule has 2 atom stereocenters. The highest BCUT2D eigenvalue weighted by atomic mass is 16.6. The smallest absolute Gasteiger partial charge is 0.347 e. The van der Waals surface area contributed by atoms with Crippen molar-refractivity contribution in [2.75, 3.05) is 7.05 Å². The topological polar surface area (TPSA) is 70.4 Å². The molecule has 2 aliphatic rings. The van der Waals surface area contributed by atoms with Crippen LogP contribution in [0.4, 0.5) is 0 Å². The summed E-state index contributed by atoms with van der Waals surface area (Å²) >= 11 is 0. The van der Waals surface area contributed by atoms with E-state index in [0.717, 1.165) is 16.0 Å². The van der Waals surface area contributed by atoms with Gasteiger partial charge in [-0.1, -0.05) is 30.3 Å². The molecular weight excluding hydrogens is 244 g/mol. The fourth-order valence-corrected chi connectivity index (χ4v) is 2.07. The second-order valence-electron chi connectivity index (χ2n) is 4.22. The number of dihydropyridines is 1. The van der Waals surface area contributed by atoms with Gasteiger partial charge in [-0.25, -0.2) is 5.31 Å². The molecule has 6 heteroatoms. The molecule has 0 aromatic heterocycles. The van der Waals surface area contributed by atoms with E-state index in [1.807, 2.05) is 30.3 Å². The van der Waals surface area contributed by atoms with Crippen LogP contribution >= 0.6 is 0 Å². The number of allylic oxidation sites excluding steroid dienone is 2. The van der Waals surface area contributed by atoms with Crippen LogP contribution < -0.4 is 10.6 Å². The zero-order chi connectivity index (χ0) is 16.1. The summed E-state index contributed by atoms with van der Waals surface area (Å²) in [5.41, 5.74) is 1.78. The number of nitrogens with zero attached hydrogens (tertiary/aromatic N) is 2. The molecule has 98 valence electrons. The van der Waals surface area contributed by atoms with Crippen molar-refractivity contribution in [2.45, 2.75) is 12.4 Å². The fraction of sp³-hybridized carbons (Fsp3) is 0.231. The first-order valence-corrected chi connectivity index (χ1v) is 5.75. The summed E-state index contributed by atoms with van der Waals surface area (Å²) in [4.78, 5) is 11.4. The molecule has 2 N–H and O–H groups in total. The Bertz CT molecular complexity index is 696. The maximum atomic E-state index is 11.2. The van der Waals surface area contributed by atoms with Gasteiger partial charge in [0.15, 0.2) is 1.37 Å². The van der Waals surface area contributed by atoms with E-state index >= 15 is 0 Å². The molecule has 3 rings (SSSR count). The molecule has 1 fully saturated rings. The normalized spacial score (nSPS) is 36.3. The molecule has 0 spiro atoms. The summed E-state index contributed by atoms with van der Waals surface area (Å²) in [6, 6.07) is 9.33. The van der Waals surface area contributed by atoms with Crippen LogP contribution in [-0.2, 0) is 0 Å². The molecule has 0 saturated carbocycles. The van der Waals surface area contributed by atoms with Gasteiger partial charge < -0.3 is 5.32 Å². The lowest BCUT2D eigenvalue weighted by molar-refractivity contribution is -0.549. The quantitative estimate of drug-likeness (QED) is 0.612. The van der Waals surface area contributed by atoms with Gasteiger partial charge in [-0.3, -0.25) is 15.0 Å². The number of nitrogens with one attached hydrogen (secondary N) is 2. The van der Waals surface area contributed by atoms with Crippen LogP contribution in [0.2, 0.25) is 1.41 Å². The first-order valence-electron chi connectivity index (χ1n) is 7.19. The number of hydrogen-bond donors (Lipinski definition) is 2. The van der Waals surface area contributed by atoms with Gasteiger partial charge in [0.05, 0.1) is 12.0 Å². The Morgan fingerprint density at radius 1 is 1.47 bits per heavy atom. The maximum Gasteiger partial charge on any atom is 0.347 e. The van der Waals surface area contributed by atoms with Gasteiger partial charge in [0.2, 0.25) is 0 Å². The van der Waals surface area contributed by atoms with Gasteiger partial charge in [-0.2, -0.15) is 0 Å². The van der Waals surface area contributed by atoms with E-state index in [-0.39, 0.29) is 5.70 Å². The van der Waals surface area contributed by atoms with Gasteiger partial charge in [-0.05, 0) is 17.2 Å².